The first-order chi connectivity index (χ1) is 9.60. The summed E-state index contributed by atoms with van der Waals surface area (Å²) in [6.07, 6.45) is 0.831. The van der Waals surface area contributed by atoms with Crippen LogP contribution in [-0.4, -0.2) is 15.7 Å². The molecular formula is C16H21N3O. The van der Waals surface area contributed by atoms with Gasteiger partial charge < -0.3 is 5.32 Å². The second-order valence-corrected chi connectivity index (χ2v) is 5.11. The molecule has 1 aromatic carbocycles. The lowest BCUT2D eigenvalue weighted by molar-refractivity contribution is -0.119. The van der Waals surface area contributed by atoms with Crippen LogP contribution < -0.4 is 5.32 Å². The van der Waals surface area contributed by atoms with Crippen LogP contribution in [0.1, 0.15) is 31.5 Å². The third-order valence-electron chi connectivity index (χ3n) is 3.39. The van der Waals surface area contributed by atoms with E-state index in [1.807, 2.05) is 49.7 Å². The molecule has 0 bridgehead atoms. The Morgan fingerprint density at radius 1 is 1.35 bits per heavy atom. The number of hydrogen-bond donors (Lipinski definition) is 1. The number of carbonyl (C=O) groups is 1. The molecule has 2 rings (SSSR count). The first kappa shape index (κ1) is 14.3. The molecule has 1 aromatic heterocycles. The van der Waals surface area contributed by atoms with E-state index >= 15 is 0 Å². The van der Waals surface area contributed by atoms with Gasteiger partial charge in [-0.25, -0.2) is 4.68 Å². The van der Waals surface area contributed by atoms with Gasteiger partial charge in [-0.3, -0.25) is 4.79 Å². The molecule has 0 spiro atoms. The second-order valence-electron chi connectivity index (χ2n) is 5.11. The quantitative estimate of drug-likeness (QED) is 0.907. The van der Waals surface area contributed by atoms with E-state index in [0.717, 1.165) is 23.5 Å². The summed E-state index contributed by atoms with van der Waals surface area (Å²) in [5, 5.41) is 7.41. The number of nitrogens with zero attached hydrogens (tertiary/aromatic N) is 2. The highest BCUT2D eigenvalue weighted by Gasteiger charge is 2.14. The zero-order chi connectivity index (χ0) is 14.5. The van der Waals surface area contributed by atoms with Gasteiger partial charge in [-0.1, -0.05) is 44.2 Å². The van der Waals surface area contributed by atoms with Crippen molar-refractivity contribution >= 4 is 11.7 Å². The van der Waals surface area contributed by atoms with E-state index in [1.165, 1.54) is 0 Å². The molecule has 4 nitrogen and oxygen atoms in total. The lowest BCUT2D eigenvalue weighted by Crippen LogP contribution is -2.22. The van der Waals surface area contributed by atoms with Gasteiger partial charge in [0.1, 0.15) is 5.82 Å². The van der Waals surface area contributed by atoms with Crippen molar-refractivity contribution in [1.82, 2.24) is 9.78 Å². The van der Waals surface area contributed by atoms with Crippen LogP contribution in [0.5, 0.6) is 0 Å². The first-order valence-corrected chi connectivity index (χ1v) is 6.99. The van der Waals surface area contributed by atoms with Gasteiger partial charge in [-0.15, -0.1) is 0 Å². The second kappa shape index (κ2) is 6.37. The van der Waals surface area contributed by atoms with Gasteiger partial charge in [-0.05, 0) is 18.9 Å². The molecule has 106 valence electrons. The Kier molecular flexibility index (Phi) is 4.56. The average Bonchev–Trinajstić information content (AvgIpc) is 2.78. The smallest absolute Gasteiger partial charge is 0.228 e. The van der Waals surface area contributed by atoms with Gasteiger partial charge in [0.05, 0.1) is 12.2 Å². The third kappa shape index (κ3) is 3.47. The van der Waals surface area contributed by atoms with E-state index in [-0.39, 0.29) is 11.8 Å². The minimum Gasteiger partial charge on any atom is -0.311 e. The summed E-state index contributed by atoms with van der Waals surface area (Å²) in [6.45, 7) is 6.53. The molecule has 0 saturated heterocycles. The van der Waals surface area contributed by atoms with Crippen LogP contribution in [0.3, 0.4) is 0 Å². The highest BCUT2D eigenvalue weighted by Crippen LogP contribution is 2.14. The third-order valence-corrected chi connectivity index (χ3v) is 3.39. The highest BCUT2D eigenvalue weighted by molar-refractivity contribution is 5.91. The van der Waals surface area contributed by atoms with Crippen molar-refractivity contribution in [2.24, 2.45) is 5.92 Å². The largest absolute Gasteiger partial charge is 0.311 e. The normalized spacial score (nSPS) is 12.2. The van der Waals surface area contributed by atoms with Crippen molar-refractivity contribution in [1.29, 1.82) is 0 Å². The molecule has 0 aliphatic carbocycles. The number of rotatable bonds is 5. The fraction of sp³-hybridized carbons (Fsp3) is 0.375. The molecule has 0 fully saturated rings. The lowest BCUT2D eigenvalue weighted by Gasteiger charge is -2.12. The van der Waals surface area contributed by atoms with Crippen LogP contribution in [0.4, 0.5) is 5.82 Å². The van der Waals surface area contributed by atoms with Crippen molar-refractivity contribution in [2.75, 3.05) is 5.32 Å². The van der Waals surface area contributed by atoms with Gasteiger partial charge in [0.25, 0.3) is 0 Å². The van der Waals surface area contributed by atoms with E-state index in [2.05, 4.69) is 22.5 Å². The van der Waals surface area contributed by atoms with Gasteiger partial charge in [0, 0.05) is 12.0 Å². The van der Waals surface area contributed by atoms with E-state index in [9.17, 15) is 4.79 Å². The predicted molar refractivity (Wildman–Crippen MR) is 80.6 cm³/mol. The molecule has 1 unspecified atom stereocenters. The molecule has 1 N–H and O–H groups in total. The summed E-state index contributed by atoms with van der Waals surface area (Å²) in [6, 6.07) is 12.0. The summed E-state index contributed by atoms with van der Waals surface area (Å²) < 4.78 is 1.84. The fourth-order valence-corrected chi connectivity index (χ4v) is 1.96. The van der Waals surface area contributed by atoms with Crippen LogP contribution in [0.25, 0.3) is 0 Å². The lowest BCUT2D eigenvalue weighted by atomic mass is 10.1. The van der Waals surface area contributed by atoms with Crippen molar-refractivity contribution in [3.05, 3.63) is 47.7 Å². The molecule has 0 radical (unpaired) electrons. The van der Waals surface area contributed by atoms with Gasteiger partial charge >= 0.3 is 0 Å². The monoisotopic (exact) mass is 271 g/mol. The molecule has 0 aliphatic heterocycles. The Morgan fingerprint density at radius 3 is 2.70 bits per heavy atom. The Labute approximate surface area is 119 Å². The summed E-state index contributed by atoms with van der Waals surface area (Å²) in [4.78, 5) is 12.0. The number of amides is 1. The van der Waals surface area contributed by atoms with Crippen LogP contribution in [0, 0.1) is 12.8 Å². The Hall–Kier alpha value is -2.10. The number of nitrogens with one attached hydrogen (secondary N) is 1. The van der Waals surface area contributed by atoms with Crippen LogP contribution in [0.15, 0.2) is 36.4 Å². The first-order valence-electron chi connectivity index (χ1n) is 6.99. The minimum absolute atomic E-state index is 0.00961. The number of hydrogen-bond acceptors (Lipinski definition) is 2. The van der Waals surface area contributed by atoms with E-state index < -0.39 is 0 Å². The standard InChI is InChI=1S/C16H21N3O/c1-4-12(2)16(20)17-15-10-13(3)18-19(15)11-14-8-6-5-7-9-14/h5-10,12H,4,11H2,1-3H3,(H,17,20). The van der Waals surface area contributed by atoms with Crippen molar-refractivity contribution in [3.8, 4) is 0 Å². The molecule has 2 aromatic rings. The number of aryl methyl sites for hydroxylation is 1. The summed E-state index contributed by atoms with van der Waals surface area (Å²) >= 11 is 0. The zero-order valence-electron chi connectivity index (χ0n) is 12.3. The SMILES string of the molecule is CCC(C)C(=O)Nc1cc(C)nn1Cc1ccccc1. The molecule has 1 amide bonds. The predicted octanol–water partition coefficient (Wildman–Crippen LogP) is 3.22. The Bertz CT molecular complexity index is 575. The number of benzene rings is 1. The highest BCUT2D eigenvalue weighted by atomic mass is 16.1. The van der Waals surface area contributed by atoms with E-state index in [1.54, 1.807) is 0 Å². The van der Waals surface area contributed by atoms with Crippen molar-refractivity contribution < 1.29 is 4.79 Å². The number of carbonyl (C=O) groups excluding carboxylic acids is 1. The average molecular weight is 271 g/mol. The van der Waals surface area contributed by atoms with Crippen molar-refractivity contribution in [2.45, 2.75) is 33.7 Å². The minimum atomic E-state index is 0.00961. The van der Waals surface area contributed by atoms with Crippen LogP contribution in [-0.2, 0) is 11.3 Å². The molecular weight excluding hydrogens is 250 g/mol. The maximum Gasteiger partial charge on any atom is 0.228 e. The topological polar surface area (TPSA) is 46.9 Å². The van der Waals surface area contributed by atoms with Gasteiger partial charge in [0.15, 0.2) is 0 Å². The molecule has 1 heterocycles. The maximum atomic E-state index is 12.0. The molecule has 0 saturated carbocycles. The summed E-state index contributed by atoms with van der Waals surface area (Å²) in [7, 11) is 0. The van der Waals surface area contributed by atoms with Gasteiger partial charge in [-0.2, -0.15) is 5.10 Å². The van der Waals surface area contributed by atoms with E-state index in [0.29, 0.717) is 6.54 Å². The zero-order valence-corrected chi connectivity index (χ0v) is 12.3. The maximum absolute atomic E-state index is 12.0. The van der Waals surface area contributed by atoms with Crippen LogP contribution >= 0.6 is 0 Å². The van der Waals surface area contributed by atoms with E-state index in [4.69, 9.17) is 0 Å². The molecule has 1 atom stereocenters. The van der Waals surface area contributed by atoms with Crippen LogP contribution in [0.2, 0.25) is 0 Å². The summed E-state index contributed by atoms with van der Waals surface area (Å²) in [5.74, 6) is 0.814. The molecule has 0 aliphatic rings. The summed E-state index contributed by atoms with van der Waals surface area (Å²) in [5.41, 5.74) is 2.06. The van der Waals surface area contributed by atoms with Gasteiger partial charge in [0.2, 0.25) is 5.91 Å². The Balaban J connectivity index is 2.16. The Morgan fingerprint density at radius 2 is 2.05 bits per heavy atom. The fourth-order valence-electron chi connectivity index (χ4n) is 1.96. The number of aromatic nitrogens is 2. The number of anilines is 1. The van der Waals surface area contributed by atoms with Crippen molar-refractivity contribution in [3.63, 3.8) is 0 Å². The molecule has 4 heteroatoms. The molecule has 20 heavy (non-hydrogen) atoms.